The monoisotopic (exact) mass is 499 g/mol. The molecule has 6 rings (SSSR count). The highest BCUT2D eigenvalue weighted by Gasteiger charge is 2.42. The molecule has 2 unspecified atom stereocenters. The quantitative estimate of drug-likeness (QED) is 0.384. The van der Waals surface area contributed by atoms with Gasteiger partial charge in [-0.15, -0.1) is 0 Å². The summed E-state index contributed by atoms with van der Waals surface area (Å²) in [6.45, 7) is 6.70. The molecular formula is C29H30ClN5O. The molecule has 2 aliphatic rings. The van der Waals surface area contributed by atoms with Gasteiger partial charge in [0.15, 0.2) is 0 Å². The van der Waals surface area contributed by atoms with Crippen molar-refractivity contribution in [1.29, 1.82) is 0 Å². The molecule has 6 nitrogen and oxygen atoms in total. The molecule has 184 valence electrons. The number of carbonyl (C=O) groups excluding carboxylic acids is 1. The minimum atomic E-state index is 0.261. The Balaban J connectivity index is 1.23. The van der Waals surface area contributed by atoms with Crippen LogP contribution in [-0.2, 0) is 17.8 Å². The first-order chi connectivity index (χ1) is 17.5. The Morgan fingerprint density at radius 3 is 2.56 bits per heavy atom. The van der Waals surface area contributed by atoms with Gasteiger partial charge in [0.2, 0.25) is 11.7 Å². The molecule has 2 aliphatic heterocycles. The summed E-state index contributed by atoms with van der Waals surface area (Å²) < 4.78 is 2.09. The lowest BCUT2D eigenvalue weighted by atomic mass is 10.0. The predicted octanol–water partition coefficient (Wildman–Crippen LogP) is 5.08. The van der Waals surface area contributed by atoms with E-state index in [4.69, 9.17) is 16.6 Å². The van der Waals surface area contributed by atoms with Gasteiger partial charge in [0.05, 0.1) is 17.8 Å². The van der Waals surface area contributed by atoms with E-state index >= 15 is 0 Å². The van der Waals surface area contributed by atoms with E-state index < -0.39 is 0 Å². The third-order valence-corrected chi connectivity index (χ3v) is 7.94. The Kier molecular flexibility index (Phi) is 6.02. The molecule has 0 spiro atoms. The molecule has 0 N–H and O–H groups in total. The van der Waals surface area contributed by atoms with Crippen LogP contribution < -0.4 is 0 Å². The van der Waals surface area contributed by atoms with E-state index in [0.29, 0.717) is 17.2 Å². The fourth-order valence-corrected chi connectivity index (χ4v) is 6.03. The second kappa shape index (κ2) is 9.34. The predicted molar refractivity (Wildman–Crippen MR) is 142 cm³/mol. The van der Waals surface area contributed by atoms with Crippen molar-refractivity contribution in [3.63, 3.8) is 0 Å². The number of aryl methyl sites for hydroxylation is 2. The van der Waals surface area contributed by atoms with E-state index in [1.807, 2.05) is 36.5 Å². The van der Waals surface area contributed by atoms with Gasteiger partial charge in [-0.25, -0.2) is 9.97 Å². The summed E-state index contributed by atoms with van der Waals surface area (Å²) in [5.41, 5.74) is 6.63. The number of imidazole rings is 1. The number of hydrogen-bond donors (Lipinski definition) is 0. The lowest BCUT2D eigenvalue weighted by Crippen LogP contribution is -2.55. The Morgan fingerprint density at radius 1 is 1.06 bits per heavy atom. The normalized spacial score (nSPS) is 19.8. The third kappa shape index (κ3) is 4.29. The van der Waals surface area contributed by atoms with Crippen LogP contribution >= 0.6 is 11.6 Å². The molecule has 2 aromatic heterocycles. The van der Waals surface area contributed by atoms with E-state index in [9.17, 15) is 4.79 Å². The Bertz CT molecular complexity index is 1420. The molecule has 2 saturated heterocycles. The largest absolute Gasteiger partial charge is 0.334 e. The number of likely N-dealkylation sites (tertiary alicyclic amines) is 1. The molecule has 1 amide bonds. The molecule has 0 saturated carbocycles. The zero-order valence-electron chi connectivity index (χ0n) is 20.7. The maximum atomic E-state index is 13.4. The van der Waals surface area contributed by atoms with Gasteiger partial charge in [-0.05, 0) is 56.0 Å². The number of halogens is 1. The van der Waals surface area contributed by atoms with Gasteiger partial charge in [-0.2, -0.15) is 0 Å². The second-order valence-corrected chi connectivity index (χ2v) is 10.6. The first kappa shape index (κ1) is 23.2. The number of nitrogens with zero attached hydrogens (tertiary/aromatic N) is 5. The minimum absolute atomic E-state index is 0.261. The van der Waals surface area contributed by atoms with Crippen LogP contribution in [0.5, 0.6) is 0 Å². The molecule has 4 aromatic rings. The van der Waals surface area contributed by atoms with Gasteiger partial charge in [-0.1, -0.05) is 47.5 Å². The lowest BCUT2D eigenvalue weighted by Gasteiger charge is -2.41. The van der Waals surface area contributed by atoms with E-state index in [2.05, 4.69) is 51.2 Å². The number of carbonyl (C=O) groups is 1. The summed E-state index contributed by atoms with van der Waals surface area (Å²) in [6, 6.07) is 16.7. The molecular weight excluding hydrogens is 470 g/mol. The molecule has 7 heteroatoms. The minimum Gasteiger partial charge on any atom is -0.334 e. The van der Waals surface area contributed by atoms with E-state index in [0.717, 1.165) is 55.0 Å². The highest BCUT2D eigenvalue weighted by Crippen LogP contribution is 2.33. The number of aromatic nitrogens is 3. The Hall–Kier alpha value is -3.22. The van der Waals surface area contributed by atoms with Crippen LogP contribution in [0.25, 0.3) is 17.0 Å². The Labute approximate surface area is 216 Å². The molecule has 4 heterocycles. The zero-order chi connectivity index (χ0) is 24.8. The van der Waals surface area contributed by atoms with Crippen molar-refractivity contribution >= 4 is 23.3 Å². The van der Waals surface area contributed by atoms with Crippen LogP contribution in [0.2, 0.25) is 5.02 Å². The molecule has 2 atom stereocenters. The molecule has 2 bridgehead atoms. The second-order valence-electron chi connectivity index (χ2n) is 10.2. The van der Waals surface area contributed by atoms with Crippen LogP contribution in [0.3, 0.4) is 0 Å². The van der Waals surface area contributed by atoms with Crippen molar-refractivity contribution in [1.82, 2.24) is 24.2 Å². The summed E-state index contributed by atoms with van der Waals surface area (Å²) in [4.78, 5) is 27.4. The molecule has 0 radical (unpaired) electrons. The smallest absolute Gasteiger partial charge is 0.234 e. The number of benzene rings is 2. The van der Waals surface area contributed by atoms with Gasteiger partial charge in [0.1, 0.15) is 0 Å². The lowest BCUT2D eigenvalue weighted by molar-refractivity contribution is -0.136. The van der Waals surface area contributed by atoms with Gasteiger partial charge >= 0.3 is 0 Å². The zero-order valence-corrected chi connectivity index (χ0v) is 21.4. The summed E-state index contributed by atoms with van der Waals surface area (Å²) in [5.74, 6) is 0.958. The maximum Gasteiger partial charge on any atom is 0.234 e. The average molecular weight is 500 g/mol. The maximum absolute atomic E-state index is 13.4. The van der Waals surface area contributed by atoms with Crippen molar-refractivity contribution < 1.29 is 4.79 Å². The van der Waals surface area contributed by atoms with Crippen LogP contribution in [-0.4, -0.2) is 55.2 Å². The van der Waals surface area contributed by atoms with E-state index in [-0.39, 0.29) is 18.0 Å². The number of piperazine rings is 1. The number of fused-ring (bicyclic) bond motifs is 3. The number of amides is 1. The SMILES string of the molecule is Cc1ccc(C)c(CC(=O)N2C3CCC2CN(Cc2c(-c4ccc(Cl)cc4)nc4ncccn24)C3)c1. The number of hydrogen-bond acceptors (Lipinski definition) is 4. The summed E-state index contributed by atoms with van der Waals surface area (Å²) in [7, 11) is 0. The average Bonchev–Trinajstić information content (AvgIpc) is 3.36. The van der Waals surface area contributed by atoms with Gasteiger partial charge in [-0.3, -0.25) is 14.1 Å². The fourth-order valence-electron chi connectivity index (χ4n) is 5.91. The fraction of sp³-hybridized carbons (Fsp3) is 0.345. The van der Waals surface area contributed by atoms with Crippen LogP contribution in [0.15, 0.2) is 60.9 Å². The molecule has 2 aromatic carbocycles. The third-order valence-electron chi connectivity index (χ3n) is 7.69. The van der Waals surface area contributed by atoms with Crippen LogP contribution in [0.1, 0.15) is 35.2 Å². The van der Waals surface area contributed by atoms with Crippen LogP contribution in [0, 0.1) is 13.8 Å². The standard InChI is InChI=1S/C29H30ClN5O/c1-19-4-5-20(2)22(14-19)15-27(36)35-24-10-11-25(35)17-33(16-24)18-26-28(21-6-8-23(30)9-7-21)32-29-31-12-3-13-34(26)29/h3-9,12-14,24-25H,10-11,15-18H2,1-2H3. The van der Waals surface area contributed by atoms with Crippen molar-refractivity contribution in [2.45, 2.75) is 51.7 Å². The van der Waals surface area contributed by atoms with E-state index in [1.165, 1.54) is 11.1 Å². The Morgan fingerprint density at radius 2 is 1.81 bits per heavy atom. The molecule has 0 aliphatic carbocycles. The summed E-state index contributed by atoms with van der Waals surface area (Å²) in [5, 5.41) is 0.709. The molecule has 2 fully saturated rings. The van der Waals surface area contributed by atoms with Crippen LogP contribution in [0.4, 0.5) is 0 Å². The van der Waals surface area contributed by atoms with Crippen molar-refractivity contribution in [2.75, 3.05) is 13.1 Å². The van der Waals surface area contributed by atoms with Crippen molar-refractivity contribution in [2.24, 2.45) is 0 Å². The first-order valence-electron chi connectivity index (χ1n) is 12.6. The van der Waals surface area contributed by atoms with Gasteiger partial charge in [0, 0.05) is 54.7 Å². The van der Waals surface area contributed by atoms with Gasteiger partial charge in [0.25, 0.3) is 0 Å². The highest BCUT2D eigenvalue weighted by atomic mass is 35.5. The first-order valence-corrected chi connectivity index (χ1v) is 13.0. The summed E-state index contributed by atoms with van der Waals surface area (Å²) in [6.07, 6.45) is 6.43. The molecule has 36 heavy (non-hydrogen) atoms. The topological polar surface area (TPSA) is 53.7 Å². The van der Waals surface area contributed by atoms with E-state index in [1.54, 1.807) is 6.20 Å². The van der Waals surface area contributed by atoms with Crippen molar-refractivity contribution in [3.8, 4) is 11.3 Å². The summed E-state index contributed by atoms with van der Waals surface area (Å²) >= 11 is 6.14. The van der Waals surface area contributed by atoms with Gasteiger partial charge < -0.3 is 4.90 Å². The highest BCUT2D eigenvalue weighted by molar-refractivity contribution is 6.30. The van der Waals surface area contributed by atoms with Crippen molar-refractivity contribution in [3.05, 3.63) is 88.3 Å². The number of rotatable bonds is 5.